The van der Waals surface area contributed by atoms with Crippen molar-refractivity contribution in [2.75, 3.05) is 0 Å². The summed E-state index contributed by atoms with van der Waals surface area (Å²) < 4.78 is 0. The summed E-state index contributed by atoms with van der Waals surface area (Å²) >= 11 is 0. The van der Waals surface area contributed by atoms with Gasteiger partial charge < -0.3 is 11.5 Å². The average Bonchev–Trinajstić information content (AvgIpc) is 2.03. The highest BCUT2D eigenvalue weighted by Gasteiger charge is 2.17. The second kappa shape index (κ2) is 4.21. The summed E-state index contributed by atoms with van der Waals surface area (Å²) in [6.07, 6.45) is 5.03. The third-order valence-electron chi connectivity index (χ3n) is 2.01. The largest absolute Gasteiger partial charge is 0.368 e. The van der Waals surface area contributed by atoms with Gasteiger partial charge in [-0.15, -0.1) is 0 Å². The Kier molecular flexibility index (Phi) is 3.22. The lowest BCUT2D eigenvalue weighted by atomic mass is 10.0. The fraction of sp³-hybridized carbons (Fsp3) is 0.750. The molecule has 0 bridgehead atoms. The predicted octanol–water partition coefficient (Wildman–Crippen LogP) is 0.477. The lowest BCUT2D eigenvalue weighted by molar-refractivity contribution is 0.494. The van der Waals surface area contributed by atoms with Crippen molar-refractivity contribution in [3.05, 3.63) is 0 Å². The first kappa shape index (κ1) is 9.19. The van der Waals surface area contributed by atoms with Gasteiger partial charge in [-0.1, -0.05) is 19.8 Å². The van der Waals surface area contributed by atoms with Gasteiger partial charge in [-0.25, -0.2) is 9.98 Å². The Bertz CT molecular complexity index is 197. The third kappa shape index (κ3) is 2.30. The van der Waals surface area contributed by atoms with E-state index in [2.05, 4.69) is 16.9 Å². The Morgan fingerprint density at radius 2 is 2.33 bits per heavy atom. The van der Waals surface area contributed by atoms with Gasteiger partial charge in [-0.2, -0.15) is 0 Å². The van der Waals surface area contributed by atoms with Gasteiger partial charge in [0.1, 0.15) is 6.17 Å². The van der Waals surface area contributed by atoms with E-state index in [4.69, 9.17) is 11.5 Å². The van der Waals surface area contributed by atoms with Crippen LogP contribution in [0.3, 0.4) is 0 Å². The van der Waals surface area contributed by atoms with Crippen LogP contribution in [0.4, 0.5) is 0 Å². The molecule has 0 aromatic rings. The van der Waals surface area contributed by atoms with Crippen LogP contribution in [0.1, 0.15) is 26.2 Å². The van der Waals surface area contributed by atoms with Gasteiger partial charge in [-0.05, 0) is 6.42 Å². The second-order valence-electron chi connectivity index (χ2n) is 3.06. The van der Waals surface area contributed by atoms with Crippen molar-refractivity contribution in [3.8, 4) is 0 Å². The highest BCUT2D eigenvalue weighted by atomic mass is 15.1. The van der Waals surface area contributed by atoms with Crippen LogP contribution in [-0.2, 0) is 0 Å². The summed E-state index contributed by atoms with van der Waals surface area (Å²) in [5.74, 6) is 0.576. The van der Waals surface area contributed by atoms with Crippen molar-refractivity contribution in [2.45, 2.75) is 32.4 Å². The first-order chi connectivity index (χ1) is 5.74. The van der Waals surface area contributed by atoms with Gasteiger partial charge in [0.05, 0.1) is 0 Å². The van der Waals surface area contributed by atoms with Crippen LogP contribution in [0.2, 0.25) is 0 Å². The summed E-state index contributed by atoms with van der Waals surface area (Å²) in [4.78, 5) is 7.93. The van der Waals surface area contributed by atoms with Crippen LogP contribution in [0.25, 0.3) is 0 Å². The normalized spacial score (nSPS) is 28.7. The van der Waals surface area contributed by atoms with Crippen molar-refractivity contribution in [3.63, 3.8) is 0 Å². The van der Waals surface area contributed by atoms with E-state index in [-0.39, 0.29) is 12.1 Å². The minimum atomic E-state index is -0.186. The van der Waals surface area contributed by atoms with Crippen LogP contribution >= 0.6 is 0 Å². The molecule has 0 saturated carbocycles. The van der Waals surface area contributed by atoms with Gasteiger partial charge in [0.15, 0.2) is 0 Å². The molecule has 68 valence electrons. The zero-order chi connectivity index (χ0) is 8.97. The summed E-state index contributed by atoms with van der Waals surface area (Å²) in [5, 5.41) is 0. The zero-order valence-corrected chi connectivity index (χ0v) is 7.40. The Morgan fingerprint density at radius 1 is 1.58 bits per heavy atom. The molecule has 1 heterocycles. The Labute approximate surface area is 72.8 Å². The minimum absolute atomic E-state index is 0.186. The van der Waals surface area contributed by atoms with Gasteiger partial charge in [-0.3, -0.25) is 0 Å². The van der Waals surface area contributed by atoms with Crippen LogP contribution < -0.4 is 11.5 Å². The molecule has 0 aromatic heterocycles. The first-order valence-corrected chi connectivity index (χ1v) is 4.37. The number of hydrogen-bond acceptors (Lipinski definition) is 4. The summed E-state index contributed by atoms with van der Waals surface area (Å²) in [7, 11) is 0. The molecule has 0 fully saturated rings. The molecule has 0 radical (unpaired) electrons. The number of hydrogen-bond donors (Lipinski definition) is 2. The van der Waals surface area contributed by atoms with E-state index < -0.39 is 0 Å². The molecule has 1 aliphatic heterocycles. The van der Waals surface area contributed by atoms with E-state index in [9.17, 15) is 0 Å². The van der Waals surface area contributed by atoms with Crippen LogP contribution in [0.15, 0.2) is 9.98 Å². The molecule has 2 atom stereocenters. The van der Waals surface area contributed by atoms with E-state index in [1.807, 2.05) is 6.21 Å². The van der Waals surface area contributed by atoms with Gasteiger partial charge in [0.25, 0.3) is 0 Å². The van der Waals surface area contributed by atoms with Gasteiger partial charge >= 0.3 is 0 Å². The van der Waals surface area contributed by atoms with Gasteiger partial charge in [0.2, 0.25) is 5.96 Å². The van der Waals surface area contributed by atoms with E-state index in [1.54, 1.807) is 0 Å². The molecule has 4 heteroatoms. The standard InChI is InChI=1S/C8H16N4/c1-2-3-4-6-5-11-8(10)12-7(6)9/h5-7H,2-4,9H2,1H3,(H2,10,12). The molecule has 0 aliphatic carbocycles. The van der Waals surface area contributed by atoms with Crippen molar-refractivity contribution in [1.82, 2.24) is 0 Å². The Balaban J connectivity index is 2.43. The molecule has 2 unspecified atom stereocenters. The molecule has 1 aliphatic rings. The molecule has 0 saturated heterocycles. The van der Waals surface area contributed by atoms with E-state index in [1.165, 1.54) is 12.8 Å². The molecule has 0 spiro atoms. The molecule has 0 amide bonds. The summed E-state index contributed by atoms with van der Waals surface area (Å²) in [5.41, 5.74) is 11.1. The molecule has 0 aromatic carbocycles. The quantitative estimate of drug-likeness (QED) is 0.643. The van der Waals surface area contributed by atoms with Crippen LogP contribution in [-0.4, -0.2) is 18.3 Å². The fourth-order valence-electron chi connectivity index (χ4n) is 1.23. The monoisotopic (exact) mass is 168 g/mol. The number of rotatable bonds is 3. The molecule has 1 rings (SSSR count). The third-order valence-corrected chi connectivity index (χ3v) is 2.01. The van der Waals surface area contributed by atoms with Crippen molar-refractivity contribution < 1.29 is 0 Å². The van der Waals surface area contributed by atoms with Crippen LogP contribution in [0.5, 0.6) is 0 Å². The number of aliphatic imine (C=N–C) groups is 2. The van der Waals surface area contributed by atoms with E-state index in [0.29, 0.717) is 5.96 Å². The summed E-state index contributed by atoms with van der Waals surface area (Å²) in [6, 6.07) is 0. The maximum atomic E-state index is 5.75. The maximum absolute atomic E-state index is 5.75. The predicted molar refractivity (Wildman–Crippen MR) is 51.1 cm³/mol. The Hall–Kier alpha value is -0.900. The first-order valence-electron chi connectivity index (χ1n) is 4.37. The number of nitrogens with two attached hydrogens (primary N) is 2. The number of nitrogens with zero attached hydrogens (tertiary/aromatic N) is 2. The topological polar surface area (TPSA) is 76.8 Å². The highest BCUT2D eigenvalue weighted by molar-refractivity contribution is 5.89. The summed E-state index contributed by atoms with van der Waals surface area (Å²) in [6.45, 7) is 2.16. The number of unbranched alkanes of at least 4 members (excludes halogenated alkanes) is 1. The lowest BCUT2D eigenvalue weighted by Gasteiger charge is -2.19. The van der Waals surface area contributed by atoms with Crippen LogP contribution in [0, 0.1) is 5.92 Å². The van der Waals surface area contributed by atoms with E-state index >= 15 is 0 Å². The van der Waals surface area contributed by atoms with Gasteiger partial charge in [0, 0.05) is 12.1 Å². The zero-order valence-electron chi connectivity index (χ0n) is 7.40. The molecule has 4 N–H and O–H groups in total. The minimum Gasteiger partial charge on any atom is -0.368 e. The second-order valence-corrected chi connectivity index (χ2v) is 3.06. The maximum Gasteiger partial charge on any atom is 0.216 e. The SMILES string of the molecule is CCCCC1C=NC(N)=NC1N. The molecule has 12 heavy (non-hydrogen) atoms. The number of guanidine groups is 1. The highest BCUT2D eigenvalue weighted by Crippen LogP contribution is 2.13. The molecular weight excluding hydrogens is 152 g/mol. The van der Waals surface area contributed by atoms with Crippen molar-refractivity contribution >= 4 is 12.2 Å². The fourth-order valence-corrected chi connectivity index (χ4v) is 1.23. The van der Waals surface area contributed by atoms with Crippen molar-refractivity contribution in [2.24, 2.45) is 27.4 Å². The van der Waals surface area contributed by atoms with E-state index in [0.717, 1.165) is 6.42 Å². The smallest absolute Gasteiger partial charge is 0.216 e. The average molecular weight is 168 g/mol. The Morgan fingerprint density at radius 3 is 2.92 bits per heavy atom. The lowest BCUT2D eigenvalue weighted by Crippen LogP contribution is -2.35. The van der Waals surface area contributed by atoms with Crippen molar-refractivity contribution in [1.29, 1.82) is 0 Å². The molecular formula is C8H16N4. The molecule has 4 nitrogen and oxygen atoms in total.